The summed E-state index contributed by atoms with van der Waals surface area (Å²) in [7, 11) is 0. The number of aromatic nitrogens is 3. The molecule has 5 nitrogen and oxygen atoms in total. The van der Waals surface area contributed by atoms with Crippen LogP contribution in [0.25, 0.3) is 5.65 Å². The van der Waals surface area contributed by atoms with Gasteiger partial charge in [-0.1, -0.05) is 27.7 Å². The lowest BCUT2D eigenvalue weighted by molar-refractivity contribution is 0.0993. The molecule has 17 heavy (non-hydrogen) atoms. The minimum Gasteiger partial charge on any atom is -0.364 e. The highest BCUT2D eigenvalue weighted by Gasteiger charge is 2.08. The van der Waals surface area contributed by atoms with E-state index in [1.54, 1.807) is 6.07 Å². The van der Waals surface area contributed by atoms with Crippen LogP contribution in [0.1, 0.15) is 43.9 Å². The first-order valence-electron chi connectivity index (χ1n) is 5.79. The van der Waals surface area contributed by atoms with Gasteiger partial charge >= 0.3 is 0 Å². The maximum absolute atomic E-state index is 10.9. The van der Waals surface area contributed by atoms with Crippen LogP contribution in [0, 0.1) is 6.92 Å². The molecule has 0 unspecified atom stereocenters. The fourth-order valence-electron chi connectivity index (χ4n) is 1.13. The Labute approximate surface area is 102 Å². The molecule has 1 amide bonds. The van der Waals surface area contributed by atoms with Crippen molar-refractivity contribution >= 4 is 11.6 Å². The molecule has 0 fully saturated rings. The second-order valence-corrected chi connectivity index (χ2v) is 2.75. The highest BCUT2D eigenvalue weighted by Crippen LogP contribution is 2.04. The number of primary amides is 1. The minimum absolute atomic E-state index is 0.304. The highest BCUT2D eigenvalue weighted by atomic mass is 16.1. The van der Waals surface area contributed by atoms with Crippen molar-refractivity contribution in [1.29, 1.82) is 0 Å². The first kappa shape index (κ1) is 15.1. The van der Waals surface area contributed by atoms with Crippen LogP contribution >= 0.6 is 0 Å². The van der Waals surface area contributed by atoms with Crippen LogP contribution in [0.15, 0.2) is 18.3 Å². The molecule has 0 aromatic carbocycles. The fourth-order valence-corrected chi connectivity index (χ4v) is 1.13. The lowest BCUT2D eigenvalue weighted by Crippen LogP contribution is -2.14. The normalized spacial score (nSPS) is 8.76. The number of carbonyl (C=O) groups excluding carboxylic acids is 1. The number of fused-ring (bicyclic) bond motifs is 1. The van der Waals surface area contributed by atoms with E-state index in [9.17, 15) is 4.79 Å². The summed E-state index contributed by atoms with van der Waals surface area (Å²) in [4.78, 5) is 14.9. The predicted molar refractivity (Wildman–Crippen MR) is 68.9 cm³/mol. The number of carbonyl (C=O) groups is 1. The quantitative estimate of drug-likeness (QED) is 0.824. The Balaban J connectivity index is 0.000000581. The van der Waals surface area contributed by atoms with Crippen molar-refractivity contribution in [2.24, 2.45) is 5.73 Å². The number of nitrogens with zero attached hydrogens (tertiary/aromatic N) is 3. The number of aryl methyl sites for hydroxylation is 1. The van der Waals surface area contributed by atoms with Gasteiger partial charge < -0.3 is 5.73 Å². The molecule has 2 heterocycles. The van der Waals surface area contributed by atoms with Gasteiger partial charge in [-0.05, 0) is 19.1 Å². The van der Waals surface area contributed by atoms with Crippen molar-refractivity contribution in [3.8, 4) is 0 Å². The Bertz CT molecular complexity index is 476. The van der Waals surface area contributed by atoms with Crippen LogP contribution in [0.2, 0.25) is 0 Å². The SMILES string of the molecule is CC.CC.Cc1ccc2ncc(C(N)=O)n2n1. The van der Waals surface area contributed by atoms with Gasteiger partial charge in [0.15, 0.2) is 5.65 Å². The van der Waals surface area contributed by atoms with Crippen molar-refractivity contribution in [1.82, 2.24) is 14.6 Å². The van der Waals surface area contributed by atoms with E-state index in [-0.39, 0.29) is 0 Å². The molecule has 0 saturated heterocycles. The zero-order chi connectivity index (χ0) is 13.4. The molecule has 0 bridgehead atoms. The molecule has 0 saturated carbocycles. The lowest BCUT2D eigenvalue weighted by atomic mass is 10.4. The van der Waals surface area contributed by atoms with E-state index in [1.807, 2.05) is 40.7 Å². The number of nitrogens with two attached hydrogens (primary N) is 1. The van der Waals surface area contributed by atoms with E-state index in [4.69, 9.17) is 5.73 Å². The molecule has 2 aromatic heterocycles. The van der Waals surface area contributed by atoms with Crippen molar-refractivity contribution in [3.05, 3.63) is 29.7 Å². The second kappa shape index (κ2) is 7.38. The smallest absolute Gasteiger partial charge is 0.269 e. The van der Waals surface area contributed by atoms with Gasteiger partial charge in [-0.2, -0.15) is 5.10 Å². The zero-order valence-corrected chi connectivity index (χ0v) is 11.1. The molecule has 0 aliphatic heterocycles. The highest BCUT2D eigenvalue weighted by molar-refractivity contribution is 5.91. The third-order valence-electron chi connectivity index (χ3n) is 1.75. The Hall–Kier alpha value is -1.91. The van der Waals surface area contributed by atoms with Crippen molar-refractivity contribution < 1.29 is 4.79 Å². The summed E-state index contributed by atoms with van der Waals surface area (Å²) >= 11 is 0. The van der Waals surface area contributed by atoms with Gasteiger partial charge in [-0.3, -0.25) is 4.79 Å². The van der Waals surface area contributed by atoms with Gasteiger partial charge in [0.2, 0.25) is 0 Å². The zero-order valence-electron chi connectivity index (χ0n) is 11.1. The third kappa shape index (κ3) is 3.55. The minimum atomic E-state index is -0.523. The van der Waals surface area contributed by atoms with Gasteiger partial charge in [0.1, 0.15) is 5.69 Å². The summed E-state index contributed by atoms with van der Waals surface area (Å²) in [5.74, 6) is -0.523. The number of hydrogen-bond acceptors (Lipinski definition) is 3. The van der Waals surface area contributed by atoms with E-state index in [0.29, 0.717) is 11.3 Å². The standard InChI is InChI=1S/C8H8N4O.2C2H6/c1-5-2-3-7-10-4-6(8(9)13)12(7)11-5;2*1-2/h2-4H,1H3,(H2,9,13);2*1-2H3. The number of imidazole rings is 1. The number of amides is 1. The molecule has 5 heteroatoms. The molecule has 2 N–H and O–H groups in total. The maximum Gasteiger partial charge on any atom is 0.269 e. The molecule has 0 aliphatic rings. The Morgan fingerprint density at radius 1 is 1.24 bits per heavy atom. The van der Waals surface area contributed by atoms with Crippen LogP contribution in [-0.2, 0) is 0 Å². The molecule has 0 spiro atoms. The Morgan fingerprint density at radius 3 is 2.35 bits per heavy atom. The second-order valence-electron chi connectivity index (χ2n) is 2.75. The number of rotatable bonds is 1. The van der Waals surface area contributed by atoms with E-state index < -0.39 is 5.91 Å². The monoisotopic (exact) mass is 236 g/mol. The van der Waals surface area contributed by atoms with E-state index in [0.717, 1.165) is 5.69 Å². The molecule has 2 aromatic rings. The van der Waals surface area contributed by atoms with Crippen LogP contribution in [0.5, 0.6) is 0 Å². The summed E-state index contributed by atoms with van der Waals surface area (Å²) in [6.07, 6.45) is 1.42. The topological polar surface area (TPSA) is 73.3 Å². The average Bonchev–Trinajstić information content (AvgIpc) is 2.77. The molecule has 94 valence electrons. The summed E-state index contributed by atoms with van der Waals surface area (Å²) in [5, 5.41) is 4.11. The molecular weight excluding hydrogens is 216 g/mol. The van der Waals surface area contributed by atoms with Crippen molar-refractivity contribution in [3.63, 3.8) is 0 Å². The van der Waals surface area contributed by atoms with Gasteiger partial charge in [0.25, 0.3) is 5.91 Å². The van der Waals surface area contributed by atoms with E-state index in [2.05, 4.69) is 10.1 Å². The van der Waals surface area contributed by atoms with Crippen LogP contribution in [0.4, 0.5) is 0 Å². The van der Waals surface area contributed by atoms with E-state index in [1.165, 1.54) is 10.7 Å². The molecular formula is C12H20N4O. The van der Waals surface area contributed by atoms with Crippen LogP contribution < -0.4 is 5.73 Å². The summed E-state index contributed by atoms with van der Waals surface area (Å²) in [6, 6.07) is 3.61. The lowest BCUT2D eigenvalue weighted by Gasteiger charge is -1.96. The number of hydrogen-bond donors (Lipinski definition) is 1. The third-order valence-corrected chi connectivity index (χ3v) is 1.75. The van der Waals surface area contributed by atoms with Crippen molar-refractivity contribution in [2.75, 3.05) is 0 Å². The first-order valence-corrected chi connectivity index (χ1v) is 5.79. The van der Waals surface area contributed by atoms with Gasteiger partial charge in [0.05, 0.1) is 11.9 Å². The van der Waals surface area contributed by atoms with Crippen molar-refractivity contribution in [2.45, 2.75) is 34.6 Å². The summed E-state index contributed by atoms with van der Waals surface area (Å²) < 4.78 is 1.44. The van der Waals surface area contributed by atoms with Gasteiger partial charge in [-0.15, -0.1) is 0 Å². The molecule has 0 aliphatic carbocycles. The molecule has 2 rings (SSSR count). The first-order chi connectivity index (χ1) is 8.18. The molecule has 0 atom stereocenters. The van der Waals surface area contributed by atoms with Crippen LogP contribution in [-0.4, -0.2) is 20.5 Å². The predicted octanol–water partition coefficient (Wildman–Crippen LogP) is 2.19. The summed E-state index contributed by atoms with van der Waals surface area (Å²) in [5.41, 5.74) is 6.88. The maximum atomic E-state index is 10.9. The van der Waals surface area contributed by atoms with E-state index >= 15 is 0 Å². The molecule has 0 radical (unpaired) electrons. The van der Waals surface area contributed by atoms with Gasteiger partial charge in [-0.25, -0.2) is 9.50 Å². The fraction of sp³-hybridized carbons (Fsp3) is 0.417. The Kier molecular flexibility index (Phi) is 6.55. The summed E-state index contributed by atoms with van der Waals surface area (Å²) in [6.45, 7) is 9.84. The Morgan fingerprint density at radius 2 is 1.82 bits per heavy atom. The van der Waals surface area contributed by atoms with Gasteiger partial charge in [0, 0.05) is 0 Å². The van der Waals surface area contributed by atoms with Crippen LogP contribution in [0.3, 0.4) is 0 Å². The largest absolute Gasteiger partial charge is 0.364 e. The average molecular weight is 236 g/mol.